The summed E-state index contributed by atoms with van der Waals surface area (Å²) in [6, 6.07) is 0. The van der Waals surface area contributed by atoms with Crippen molar-refractivity contribution >= 4 is 17.9 Å². The molecule has 0 fully saturated rings. The van der Waals surface area contributed by atoms with Gasteiger partial charge in [0.05, 0.1) is 0 Å². The Morgan fingerprint density at radius 3 is 0.942 bits per heavy atom. The number of hydrogen-bond donors (Lipinski definition) is 0. The maximum Gasteiger partial charge on any atom is 0.306 e. The zero-order valence-corrected chi connectivity index (χ0v) is 45.0. The lowest BCUT2D eigenvalue weighted by Crippen LogP contribution is -2.30. The van der Waals surface area contributed by atoms with E-state index in [4.69, 9.17) is 14.2 Å². The van der Waals surface area contributed by atoms with Gasteiger partial charge in [0.25, 0.3) is 0 Å². The van der Waals surface area contributed by atoms with Crippen molar-refractivity contribution in [3.05, 3.63) is 97.2 Å². The van der Waals surface area contributed by atoms with Crippen LogP contribution in [-0.2, 0) is 28.6 Å². The van der Waals surface area contributed by atoms with Crippen LogP contribution in [0.15, 0.2) is 97.2 Å². The molecule has 1 atom stereocenters. The zero-order valence-electron chi connectivity index (χ0n) is 45.0. The van der Waals surface area contributed by atoms with Crippen LogP contribution in [-0.4, -0.2) is 37.2 Å². The fourth-order valence-corrected chi connectivity index (χ4v) is 7.86. The van der Waals surface area contributed by atoms with Gasteiger partial charge in [0.15, 0.2) is 6.10 Å². The average molecular weight is 960 g/mol. The lowest BCUT2D eigenvalue weighted by molar-refractivity contribution is -0.166. The highest BCUT2D eigenvalue weighted by atomic mass is 16.6. The van der Waals surface area contributed by atoms with Crippen LogP contribution in [0.4, 0.5) is 0 Å². The summed E-state index contributed by atoms with van der Waals surface area (Å²) in [5.74, 6) is -0.984. The molecule has 0 N–H and O–H groups in total. The van der Waals surface area contributed by atoms with Gasteiger partial charge in [0.1, 0.15) is 13.2 Å². The first kappa shape index (κ1) is 65.3. The Morgan fingerprint density at radius 1 is 0.304 bits per heavy atom. The van der Waals surface area contributed by atoms with Crippen LogP contribution in [0.5, 0.6) is 0 Å². The second-order valence-electron chi connectivity index (χ2n) is 18.8. The molecule has 0 aliphatic heterocycles. The summed E-state index contributed by atoms with van der Waals surface area (Å²) in [4.78, 5) is 38.0. The number of carbonyl (C=O) groups is 3. The molecular formula is C63H106O6. The fraction of sp³-hybridized carbons (Fsp3) is 0.698. The average Bonchev–Trinajstić information content (AvgIpc) is 3.35. The highest BCUT2D eigenvalue weighted by Gasteiger charge is 2.19. The van der Waals surface area contributed by atoms with E-state index < -0.39 is 6.10 Å². The van der Waals surface area contributed by atoms with Gasteiger partial charge >= 0.3 is 17.9 Å². The Morgan fingerprint density at radius 2 is 0.594 bits per heavy atom. The Hall–Kier alpha value is -3.67. The minimum atomic E-state index is -0.813. The van der Waals surface area contributed by atoms with Crippen LogP contribution in [0.25, 0.3) is 0 Å². The minimum absolute atomic E-state index is 0.104. The molecule has 0 aliphatic rings. The number of esters is 3. The fourth-order valence-electron chi connectivity index (χ4n) is 7.86. The van der Waals surface area contributed by atoms with Crippen molar-refractivity contribution in [1.29, 1.82) is 0 Å². The normalized spacial score (nSPS) is 12.8. The minimum Gasteiger partial charge on any atom is -0.462 e. The molecule has 6 nitrogen and oxygen atoms in total. The molecule has 1 unspecified atom stereocenters. The van der Waals surface area contributed by atoms with Crippen LogP contribution in [0.3, 0.4) is 0 Å². The molecule has 394 valence electrons. The molecule has 0 aromatic rings. The van der Waals surface area contributed by atoms with Crippen molar-refractivity contribution in [2.75, 3.05) is 13.2 Å². The smallest absolute Gasteiger partial charge is 0.306 e. The van der Waals surface area contributed by atoms with E-state index in [9.17, 15) is 14.4 Å². The monoisotopic (exact) mass is 959 g/mol. The van der Waals surface area contributed by atoms with Gasteiger partial charge in [-0.2, -0.15) is 0 Å². The summed E-state index contributed by atoms with van der Waals surface area (Å²) in [6.07, 6.45) is 75.7. The largest absolute Gasteiger partial charge is 0.462 e. The van der Waals surface area contributed by atoms with E-state index in [1.165, 1.54) is 128 Å². The molecule has 0 aromatic carbocycles. The topological polar surface area (TPSA) is 78.9 Å². The van der Waals surface area contributed by atoms with Crippen molar-refractivity contribution < 1.29 is 28.6 Å². The van der Waals surface area contributed by atoms with E-state index in [-0.39, 0.29) is 37.5 Å². The lowest BCUT2D eigenvalue weighted by Gasteiger charge is -2.18. The molecule has 69 heavy (non-hydrogen) atoms. The number of rotatable bonds is 51. The molecule has 0 rings (SSSR count). The number of carbonyl (C=O) groups excluding carboxylic acids is 3. The summed E-state index contributed by atoms with van der Waals surface area (Å²) in [5, 5.41) is 0. The Labute approximate surface area is 426 Å². The van der Waals surface area contributed by atoms with Gasteiger partial charge in [-0.25, -0.2) is 0 Å². The van der Waals surface area contributed by atoms with Crippen LogP contribution in [0.1, 0.15) is 265 Å². The lowest BCUT2D eigenvalue weighted by atomic mass is 10.0. The summed E-state index contributed by atoms with van der Waals surface area (Å²) in [7, 11) is 0. The predicted octanol–water partition coefficient (Wildman–Crippen LogP) is 19.3. The van der Waals surface area contributed by atoms with Gasteiger partial charge in [-0.3, -0.25) is 14.4 Å². The van der Waals surface area contributed by atoms with E-state index >= 15 is 0 Å². The third kappa shape index (κ3) is 55.1. The number of unbranched alkanes of at least 4 members (excludes halogenated alkanes) is 24. The van der Waals surface area contributed by atoms with E-state index in [0.29, 0.717) is 19.3 Å². The maximum atomic E-state index is 12.8. The number of hydrogen-bond acceptors (Lipinski definition) is 6. The van der Waals surface area contributed by atoms with Crippen molar-refractivity contribution in [2.24, 2.45) is 0 Å². The molecule has 0 aliphatic carbocycles. The van der Waals surface area contributed by atoms with Crippen molar-refractivity contribution in [2.45, 2.75) is 271 Å². The van der Waals surface area contributed by atoms with Gasteiger partial charge in [0, 0.05) is 19.3 Å². The van der Waals surface area contributed by atoms with Crippen molar-refractivity contribution in [1.82, 2.24) is 0 Å². The first-order chi connectivity index (χ1) is 34.0. The molecule has 0 radical (unpaired) electrons. The summed E-state index contributed by atoms with van der Waals surface area (Å²) in [5.41, 5.74) is 0. The molecular weight excluding hydrogens is 853 g/mol. The summed E-state index contributed by atoms with van der Waals surface area (Å²) < 4.78 is 16.7. The Bertz CT molecular complexity index is 1380. The SMILES string of the molecule is CC/C=C\C/C=C\C/C=C\C/C=C\CCCCCCCCCCCCCCCCC(=O)OCC(COC(=O)CCCCCCCCCCCCC)OC(=O)CC/C=C\C/C=C\C/C=C\C/C=C\CC. The Balaban J connectivity index is 4.24. The molecule has 0 spiro atoms. The first-order valence-electron chi connectivity index (χ1n) is 28.7. The standard InChI is InChI=1S/C63H106O6/c1-4-7-10-13-16-19-22-24-25-26-27-28-29-30-31-32-33-34-35-36-37-39-41-44-47-50-53-56-62(65)68-59-60(58-67-61(64)55-52-49-46-43-40-21-18-15-12-9-6-3)69-63(66)57-54-51-48-45-42-38-23-20-17-14-11-8-5-2/h7-8,10-11,16-17,19-20,24-25,27-28,38,42,48,51,60H,4-6,9,12-15,18,21-23,26,29-37,39-41,43-47,49-50,52-59H2,1-3H3/b10-7-,11-8-,19-16-,20-17-,25-24-,28-27-,42-38-,51-48-. The summed E-state index contributed by atoms with van der Waals surface area (Å²) in [6.45, 7) is 6.35. The zero-order chi connectivity index (χ0) is 50.0. The van der Waals surface area contributed by atoms with Crippen LogP contribution in [0, 0.1) is 0 Å². The van der Waals surface area contributed by atoms with Crippen molar-refractivity contribution in [3.8, 4) is 0 Å². The quantitative estimate of drug-likeness (QED) is 0.0262. The molecule has 0 heterocycles. The third-order valence-electron chi connectivity index (χ3n) is 12.1. The summed E-state index contributed by atoms with van der Waals surface area (Å²) >= 11 is 0. The number of ether oxygens (including phenoxy) is 3. The van der Waals surface area contributed by atoms with Gasteiger partial charge in [0.2, 0.25) is 0 Å². The third-order valence-corrected chi connectivity index (χ3v) is 12.1. The van der Waals surface area contributed by atoms with E-state index in [1.54, 1.807) is 0 Å². The molecule has 6 heteroatoms. The van der Waals surface area contributed by atoms with E-state index in [0.717, 1.165) is 89.9 Å². The second-order valence-corrected chi connectivity index (χ2v) is 18.8. The highest BCUT2D eigenvalue weighted by Crippen LogP contribution is 2.16. The van der Waals surface area contributed by atoms with Crippen LogP contribution in [0.2, 0.25) is 0 Å². The highest BCUT2D eigenvalue weighted by molar-refractivity contribution is 5.71. The van der Waals surface area contributed by atoms with Gasteiger partial charge < -0.3 is 14.2 Å². The van der Waals surface area contributed by atoms with E-state index in [1.807, 2.05) is 12.2 Å². The second kappa shape index (κ2) is 56.9. The predicted molar refractivity (Wildman–Crippen MR) is 297 cm³/mol. The van der Waals surface area contributed by atoms with Gasteiger partial charge in [-0.15, -0.1) is 0 Å². The van der Waals surface area contributed by atoms with E-state index in [2.05, 4.69) is 106 Å². The maximum absolute atomic E-state index is 12.8. The molecule has 0 saturated carbocycles. The Kier molecular flexibility index (Phi) is 53.9. The molecule has 0 amide bonds. The van der Waals surface area contributed by atoms with Crippen LogP contribution < -0.4 is 0 Å². The number of allylic oxidation sites excluding steroid dienone is 16. The molecule has 0 aromatic heterocycles. The first-order valence-corrected chi connectivity index (χ1v) is 28.7. The van der Waals surface area contributed by atoms with Crippen LogP contribution >= 0.6 is 0 Å². The van der Waals surface area contributed by atoms with Crippen molar-refractivity contribution in [3.63, 3.8) is 0 Å². The van der Waals surface area contributed by atoms with Gasteiger partial charge in [-0.1, -0.05) is 259 Å². The molecule has 0 saturated heterocycles. The molecule has 0 bridgehead atoms. The van der Waals surface area contributed by atoms with Gasteiger partial charge in [-0.05, 0) is 83.5 Å².